The Balaban J connectivity index is 3.61. The summed E-state index contributed by atoms with van der Waals surface area (Å²) in [7, 11) is 3.71. The van der Waals surface area contributed by atoms with E-state index >= 15 is 0 Å². The molecule has 17 heavy (non-hydrogen) atoms. The number of rotatable bonds is 5. The van der Waals surface area contributed by atoms with Gasteiger partial charge in [0.25, 0.3) is 0 Å². The minimum atomic E-state index is -0.446. The average Bonchev–Trinajstić information content (AvgIpc) is 2.12. The molecule has 0 unspecified atom stereocenters. The molecule has 0 saturated heterocycles. The third kappa shape index (κ3) is 12.4. The monoisotopic (exact) mass is 241 g/mol. The summed E-state index contributed by atoms with van der Waals surface area (Å²) >= 11 is 0. The predicted octanol–water partition coefficient (Wildman–Crippen LogP) is 2.00. The molecule has 0 aliphatic rings. The lowest BCUT2D eigenvalue weighted by Crippen LogP contribution is -2.32. The van der Waals surface area contributed by atoms with Crippen molar-refractivity contribution in [3.05, 3.63) is 12.2 Å². The number of carbonyl (C=O) groups excluding carboxylic acids is 1. The fraction of sp³-hybridized carbons (Fsp3) is 0.667. The molecule has 0 spiro atoms. The van der Waals surface area contributed by atoms with Crippen LogP contribution in [0.1, 0.15) is 27.2 Å². The number of hydrazone groups is 1. The molecule has 0 aromatic carbocycles. The van der Waals surface area contributed by atoms with Crippen LogP contribution in [-0.2, 0) is 4.74 Å². The fourth-order valence-corrected chi connectivity index (χ4v) is 0.901. The molecule has 1 amide bonds. The first-order valence-corrected chi connectivity index (χ1v) is 5.64. The van der Waals surface area contributed by atoms with E-state index in [4.69, 9.17) is 4.74 Å². The summed E-state index contributed by atoms with van der Waals surface area (Å²) in [6, 6.07) is 0. The molecule has 0 atom stereocenters. The second-order valence-corrected chi connectivity index (χ2v) is 4.76. The Bertz CT molecular complexity index is 278. The van der Waals surface area contributed by atoms with Gasteiger partial charge in [-0.25, -0.2) is 4.79 Å². The second kappa shape index (κ2) is 7.70. The molecule has 0 bridgehead atoms. The summed E-state index contributed by atoms with van der Waals surface area (Å²) in [5, 5.41) is 8.40. The van der Waals surface area contributed by atoms with E-state index in [0.717, 1.165) is 6.42 Å². The van der Waals surface area contributed by atoms with E-state index < -0.39 is 5.60 Å². The molecule has 0 aromatic rings. The van der Waals surface area contributed by atoms with Crippen molar-refractivity contribution in [2.24, 2.45) is 5.10 Å². The zero-order valence-corrected chi connectivity index (χ0v) is 11.4. The van der Waals surface area contributed by atoms with E-state index in [9.17, 15) is 4.79 Å². The van der Waals surface area contributed by atoms with Gasteiger partial charge in [-0.3, -0.25) is 0 Å². The van der Waals surface area contributed by atoms with Crippen LogP contribution in [0, 0.1) is 0 Å². The van der Waals surface area contributed by atoms with Gasteiger partial charge >= 0.3 is 6.09 Å². The quantitative estimate of drug-likeness (QED) is 0.455. The molecule has 0 rings (SSSR count). The Kier molecular flexibility index (Phi) is 7.02. The van der Waals surface area contributed by atoms with Crippen LogP contribution < -0.4 is 5.32 Å². The van der Waals surface area contributed by atoms with E-state index in [1.807, 2.05) is 47.0 Å². The number of nitrogens with zero attached hydrogens (tertiary/aromatic N) is 2. The van der Waals surface area contributed by atoms with Crippen molar-refractivity contribution >= 4 is 12.3 Å². The lowest BCUT2D eigenvalue weighted by molar-refractivity contribution is 0.0529. The van der Waals surface area contributed by atoms with Gasteiger partial charge in [0.1, 0.15) is 5.60 Å². The maximum Gasteiger partial charge on any atom is 0.407 e. The lowest BCUT2D eigenvalue weighted by Gasteiger charge is -2.19. The molecule has 0 aromatic heterocycles. The standard InChI is InChI=1S/C12H23N3O2/c1-12(2,3)17-11(16)13-9-7-6-8-10-14-15(4)5/h6,8,10H,7,9H2,1-5H3,(H,13,16)/b8-6+,14-10+. The molecular formula is C12H23N3O2. The van der Waals surface area contributed by atoms with E-state index in [1.54, 1.807) is 11.2 Å². The number of hydrogen-bond donors (Lipinski definition) is 1. The van der Waals surface area contributed by atoms with Crippen LogP contribution in [-0.4, -0.2) is 43.6 Å². The van der Waals surface area contributed by atoms with E-state index in [2.05, 4.69) is 10.4 Å². The number of alkyl carbamates (subject to hydrolysis) is 1. The number of hydrogen-bond acceptors (Lipinski definition) is 4. The van der Waals surface area contributed by atoms with Crippen molar-refractivity contribution in [3.8, 4) is 0 Å². The SMILES string of the molecule is CN(C)/N=C/C=C/CCNC(=O)OC(C)(C)C. The van der Waals surface area contributed by atoms with E-state index in [-0.39, 0.29) is 6.09 Å². The molecule has 98 valence electrons. The van der Waals surface area contributed by atoms with Crippen molar-refractivity contribution in [1.29, 1.82) is 0 Å². The summed E-state index contributed by atoms with van der Waals surface area (Å²) in [6.45, 7) is 6.07. The van der Waals surface area contributed by atoms with Crippen LogP contribution in [0.25, 0.3) is 0 Å². The largest absolute Gasteiger partial charge is 0.444 e. The van der Waals surface area contributed by atoms with Crippen LogP contribution in [0.15, 0.2) is 17.3 Å². The van der Waals surface area contributed by atoms with E-state index in [0.29, 0.717) is 6.54 Å². The first-order valence-electron chi connectivity index (χ1n) is 5.64. The van der Waals surface area contributed by atoms with Gasteiger partial charge < -0.3 is 15.1 Å². The van der Waals surface area contributed by atoms with Gasteiger partial charge in [0, 0.05) is 26.9 Å². The Labute approximate surface area is 104 Å². The molecular weight excluding hydrogens is 218 g/mol. The second-order valence-electron chi connectivity index (χ2n) is 4.76. The molecule has 1 N–H and O–H groups in total. The normalized spacial score (nSPS) is 12.1. The van der Waals surface area contributed by atoms with Crippen molar-refractivity contribution in [3.63, 3.8) is 0 Å². The van der Waals surface area contributed by atoms with Gasteiger partial charge in [0.2, 0.25) is 0 Å². The van der Waals surface area contributed by atoms with Crippen molar-refractivity contribution in [1.82, 2.24) is 10.3 Å². The Morgan fingerprint density at radius 2 is 2.06 bits per heavy atom. The zero-order valence-electron chi connectivity index (χ0n) is 11.4. The lowest BCUT2D eigenvalue weighted by atomic mass is 10.2. The van der Waals surface area contributed by atoms with Gasteiger partial charge in [-0.05, 0) is 33.3 Å². The minimum absolute atomic E-state index is 0.382. The number of allylic oxidation sites excluding steroid dienone is 1. The molecule has 0 aliphatic carbocycles. The van der Waals surface area contributed by atoms with Crippen molar-refractivity contribution < 1.29 is 9.53 Å². The van der Waals surface area contributed by atoms with Crippen molar-refractivity contribution in [2.75, 3.05) is 20.6 Å². The van der Waals surface area contributed by atoms with Crippen LogP contribution in [0.3, 0.4) is 0 Å². The predicted molar refractivity (Wildman–Crippen MR) is 70.2 cm³/mol. The molecule has 0 aliphatic heterocycles. The summed E-state index contributed by atoms with van der Waals surface area (Å²) in [4.78, 5) is 11.2. The third-order valence-corrected chi connectivity index (χ3v) is 1.50. The van der Waals surface area contributed by atoms with Gasteiger partial charge in [0.05, 0.1) is 0 Å². The number of nitrogens with one attached hydrogen (secondary N) is 1. The molecule has 0 fully saturated rings. The Morgan fingerprint density at radius 1 is 1.41 bits per heavy atom. The van der Waals surface area contributed by atoms with Gasteiger partial charge in [0.15, 0.2) is 0 Å². The number of ether oxygens (including phenoxy) is 1. The molecule has 0 heterocycles. The highest BCUT2D eigenvalue weighted by atomic mass is 16.6. The highest BCUT2D eigenvalue weighted by Gasteiger charge is 2.14. The molecule has 0 radical (unpaired) electrons. The maximum atomic E-state index is 11.2. The highest BCUT2D eigenvalue weighted by Crippen LogP contribution is 2.06. The number of amides is 1. The van der Waals surface area contributed by atoms with E-state index in [1.165, 1.54) is 0 Å². The highest BCUT2D eigenvalue weighted by molar-refractivity contribution is 5.70. The first-order chi connectivity index (χ1) is 7.81. The molecule has 5 nitrogen and oxygen atoms in total. The maximum absolute atomic E-state index is 11.2. The first kappa shape index (κ1) is 15.5. The van der Waals surface area contributed by atoms with Crippen LogP contribution >= 0.6 is 0 Å². The number of carbonyl (C=O) groups is 1. The Morgan fingerprint density at radius 3 is 2.59 bits per heavy atom. The van der Waals surface area contributed by atoms with Crippen LogP contribution in [0.2, 0.25) is 0 Å². The Hall–Kier alpha value is -1.52. The average molecular weight is 241 g/mol. The summed E-state index contributed by atoms with van der Waals surface area (Å²) in [5.41, 5.74) is -0.446. The zero-order chi connectivity index (χ0) is 13.3. The van der Waals surface area contributed by atoms with Gasteiger partial charge in [-0.15, -0.1) is 0 Å². The molecule has 5 heteroatoms. The fourth-order valence-electron chi connectivity index (χ4n) is 0.901. The smallest absolute Gasteiger partial charge is 0.407 e. The summed E-state index contributed by atoms with van der Waals surface area (Å²) in [6.07, 6.45) is 5.85. The third-order valence-electron chi connectivity index (χ3n) is 1.50. The van der Waals surface area contributed by atoms with Crippen LogP contribution in [0.5, 0.6) is 0 Å². The summed E-state index contributed by atoms with van der Waals surface area (Å²) < 4.78 is 5.09. The summed E-state index contributed by atoms with van der Waals surface area (Å²) in [5.74, 6) is 0. The van der Waals surface area contributed by atoms with Crippen LogP contribution in [0.4, 0.5) is 4.79 Å². The van der Waals surface area contributed by atoms with Gasteiger partial charge in [-0.1, -0.05) is 6.08 Å². The molecule has 0 saturated carbocycles. The minimum Gasteiger partial charge on any atom is -0.444 e. The van der Waals surface area contributed by atoms with Crippen molar-refractivity contribution in [2.45, 2.75) is 32.8 Å². The van der Waals surface area contributed by atoms with Gasteiger partial charge in [-0.2, -0.15) is 5.10 Å². The topological polar surface area (TPSA) is 53.9 Å².